The Morgan fingerprint density at radius 2 is 1.76 bits per heavy atom. The van der Waals surface area contributed by atoms with Crippen LogP contribution >= 0.6 is 11.8 Å². The molecule has 0 saturated carbocycles. The van der Waals surface area contributed by atoms with Crippen molar-refractivity contribution in [1.29, 1.82) is 0 Å². The summed E-state index contributed by atoms with van der Waals surface area (Å²) in [5.41, 5.74) is 13.9. The fourth-order valence-corrected chi connectivity index (χ4v) is 4.15. The van der Waals surface area contributed by atoms with Crippen LogP contribution in [0.2, 0.25) is 0 Å². The number of ether oxygens (including phenoxy) is 2. The highest BCUT2D eigenvalue weighted by Gasteiger charge is 2.30. The Hall–Kier alpha value is -2.54. The van der Waals surface area contributed by atoms with Crippen LogP contribution in [0.3, 0.4) is 0 Å². The molecule has 0 fully saturated rings. The maximum Gasteiger partial charge on any atom is 0.416 e. The van der Waals surface area contributed by atoms with Crippen molar-refractivity contribution in [2.24, 2.45) is 11.5 Å². The van der Waals surface area contributed by atoms with Crippen LogP contribution in [0, 0.1) is 0 Å². The van der Waals surface area contributed by atoms with Crippen molar-refractivity contribution in [3.63, 3.8) is 0 Å². The molecule has 0 saturated heterocycles. The van der Waals surface area contributed by atoms with E-state index in [0.29, 0.717) is 28.3 Å². The van der Waals surface area contributed by atoms with Crippen molar-refractivity contribution >= 4 is 11.8 Å². The molecule has 0 aliphatic heterocycles. The second kappa shape index (κ2) is 12.2. The zero-order chi connectivity index (χ0) is 25.5. The summed E-state index contributed by atoms with van der Waals surface area (Å²) in [6.07, 6.45) is -5.66. The van der Waals surface area contributed by atoms with E-state index in [0.717, 1.165) is 12.1 Å². The molecular weight excluding hydrogens is 481 g/mol. The van der Waals surface area contributed by atoms with Crippen molar-refractivity contribution in [3.05, 3.63) is 69.8 Å². The standard InChI is InChI=1S/C22H26F5N3O3S/c1-3-17(32-15-8-9-16(20(29)30-31)18(10-15)33-21(23)24)19(12(2)28)34-11-13-4-6-14(7-5-13)22(25,26)27/h4-10,17,20-21,30-31H,3,11,28-29H2,1-2H3/b19-12-. The Morgan fingerprint density at radius 3 is 2.26 bits per heavy atom. The first-order chi connectivity index (χ1) is 16.0. The summed E-state index contributed by atoms with van der Waals surface area (Å²) in [6.45, 7) is 0.382. The Labute approximate surface area is 198 Å². The van der Waals surface area contributed by atoms with Crippen LogP contribution in [0.1, 0.15) is 43.1 Å². The van der Waals surface area contributed by atoms with Gasteiger partial charge in [0.2, 0.25) is 0 Å². The minimum Gasteiger partial charge on any atom is -0.485 e. The molecule has 12 heteroatoms. The average Bonchev–Trinajstić information content (AvgIpc) is 2.77. The van der Waals surface area contributed by atoms with Gasteiger partial charge in [0, 0.05) is 28.0 Å². The molecule has 2 atom stereocenters. The van der Waals surface area contributed by atoms with Crippen LogP contribution in [-0.2, 0) is 11.9 Å². The monoisotopic (exact) mass is 507 g/mol. The number of nitrogens with two attached hydrogens (primary N) is 2. The first-order valence-electron chi connectivity index (χ1n) is 10.1. The van der Waals surface area contributed by atoms with E-state index in [-0.39, 0.29) is 17.1 Å². The molecule has 34 heavy (non-hydrogen) atoms. The predicted molar refractivity (Wildman–Crippen MR) is 119 cm³/mol. The average molecular weight is 508 g/mol. The Balaban J connectivity index is 2.20. The van der Waals surface area contributed by atoms with E-state index in [1.54, 1.807) is 12.4 Å². The van der Waals surface area contributed by atoms with E-state index in [2.05, 4.69) is 4.74 Å². The van der Waals surface area contributed by atoms with E-state index in [9.17, 15) is 22.0 Å². The molecular formula is C22H26F5N3O3S. The molecule has 2 aromatic carbocycles. The van der Waals surface area contributed by atoms with Crippen molar-refractivity contribution in [1.82, 2.24) is 5.48 Å². The number of thioether (sulfide) groups is 1. The molecule has 0 aliphatic rings. The van der Waals surface area contributed by atoms with Gasteiger partial charge in [0.1, 0.15) is 23.8 Å². The van der Waals surface area contributed by atoms with Gasteiger partial charge in [-0.3, -0.25) is 0 Å². The number of nitrogens with one attached hydrogen (secondary N) is 1. The predicted octanol–water partition coefficient (Wildman–Crippen LogP) is 5.52. The number of halogens is 5. The first kappa shape index (κ1) is 27.7. The number of hydrogen-bond donors (Lipinski definition) is 4. The van der Waals surface area contributed by atoms with Gasteiger partial charge in [0.05, 0.1) is 5.56 Å². The molecule has 0 heterocycles. The molecule has 2 unspecified atom stereocenters. The minimum absolute atomic E-state index is 0.0886. The van der Waals surface area contributed by atoms with Gasteiger partial charge in [-0.2, -0.15) is 27.4 Å². The van der Waals surface area contributed by atoms with Crippen LogP contribution < -0.4 is 26.4 Å². The lowest BCUT2D eigenvalue weighted by Gasteiger charge is -2.23. The molecule has 2 rings (SSSR count). The smallest absolute Gasteiger partial charge is 0.416 e. The van der Waals surface area contributed by atoms with Gasteiger partial charge in [-0.05, 0) is 43.2 Å². The zero-order valence-corrected chi connectivity index (χ0v) is 19.2. The molecule has 6 N–H and O–H groups in total. The summed E-state index contributed by atoms with van der Waals surface area (Å²) in [5.74, 6) is 0.270. The number of alkyl halides is 5. The van der Waals surface area contributed by atoms with Gasteiger partial charge in [-0.15, -0.1) is 11.8 Å². The second-order valence-electron chi connectivity index (χ2n) is 7.23. The Kier molecular flexibility index (Phi) is 9.98. The lowest BCUT2D eigenvalue weighted by Crippen LogP contribution is -2.26. The molecule has 0 aliphatic carbocycles. The first-order valence-corrected chi connectivity index (χ1v) is 11.1. The largest absolute Gasteiger partial charge is 0.485 e. The number of benzene rings is 2. The Morgan fingerprint density at radius 1 is 1.12 bits per heavy atom. The molecule has 6 nitrogen and oxygen atoms in total. The molecule has 0 bridgehead atoms. The van der Waals surface area contributed by atoms with E-state index >= 15 is 0 Å². The van der Waals surface area contributed by atoms with Gasteiger partial charge in [-0.25, -0.2) is 0 Å². The maximum absolute atomic E-state index is 12.8. The molecule has 0 aromatic heterocycles. The van der Waals surface area contributed by atoms with Gasteiger partial charge < -0.3 is 26.1 Å². The van der Waals surface area contributed by atoms with E-state index in [1.165, 1.54) is 42.1 Å². The van der Waals surface area contributed by atoms with Crippen LogP contribution in [-0.4, -0.2) is 17.9 Å². The summed E-state index contributed by atoms with van der Waals surface area (Å²) < 4.78 is 74.5. The second-order valence-corrected chi connectivity index (χ2v) is 8.25. The molecule has 2 aromatic rings. The summed E-state index contributed by atoms with van der Waals surface area (Å²) >= 11 is 1.31. The maximum atomic E-state index is 12.8. The zero-order valence-electron chi connectivity index (χ0n) is 18.4. The fourth-order valence-electron chi connectivity index (χ4n) is 3.01. The van der Waals surface area contributed by atoms with Crippen LogP contribution in [0.5, 0.6) is 11.5 Å². The summed E-state index contributed by atoms with van der Waals surface area (Å²) in [7, 11) is 0. The highest BCUT2D eigenvalue weighted by Crippen LogP contribution is 2.35. The molecule has 188 valence electrons. The van der Waals surface area contributed by atoms with Crippen molar-refractivity contribution in [2.75, 3.05) is 0 Å². The third kappa shape index (κ3) is 7.76. The fraction of sp³-hybridized carbons (Fsp3) is 0.364. The normalized spacial score (nSPS) is 14.5. The number of allylic oxidation sites excluding steroid dienone is 1. The van der Waals surface area contributed by atoms with Gasteiger partial charge in [-0.1, -0.05) is 19.1 Å². The third-order valence-corrected chi connectivity index (χ3v) is 6.05. The summed E-state index contributed by atoms with van der Waals surface area (Å²) in [6, 6.07) is 8.91. The van der Waals surface area contributed by atoms with Crippen molar-refractivity contribution in [2.45, 2.75) is 51.1 Å². The Bertz CT molecular complexity index is 967. The number of hydrogen-bond acceptors (Lipinski definition) is 7. The topological polar surface area (TPSA) is 103 Å². The van der Waals surface area contributed by atoms with Crippen LogP contribution in [0.15, 0.2) is 53.1 Å². The quantitative estimate of drug-likeness (QED) is 0.180. The summed E-state index contributed by atoms with van der Waals surface area (Å²) in [5, 5.41) is 9.01. The van der Waals surface area contributed by atoms with E-state index < -0.39 is 30.6 Å². The van der Waals surface area contributed by atoms with E-state index in [4.69, 9.17) is 21.4 Å². The molecule has 0 amide bonds. The SMILES string of the molecule is CCC(Oc1ccc(C(N)NO)c(OC(F)F)c1)/C(SCc1ccc(C(F)(F)F)cc1)=C(\C)N. The molecule has 0 radical (unpaired) electrons. The lowest BCUT2D eigenvalue weighted by molar-refractivity contribution is -0.137. The van der Waals surface area contributed by atoms with Gasteiger partial charge in [0.25, 0.3) is 0 Å². The molecule has 0 spiro atoms. The third-order valence-electron chi connectivity index (χ3n) is 4.68. The van der Waals surface area contributed by atoms with Crippen molar-refractivity contribution < 1.29 is 36.6 Å². The minimum atomic E-state index is -4.41. The lowest BCUT2D eigenvalue weighted by atomic mass is 10.1. The highest BCUT2D eigenvalue weighted by molar-refractivity contribution is 8.02. The van der Waals surface area contributed by atoms with Crippen LogP contribution in [0.4, 0.5) is 22.0 Å². The number of hydroxylamine groups is 1. The van der Waals surface area contributed by atoms with E-state index in [1.807, 2.05) is 6.92 Å². The van der Waals surface area contributed by atoms with Gasteiger partial charge >= 0.3 is 12.8 Å². The number of rotatable bonds is 11. The summed E-state index contributed by atoms with van der Waals surface area (Å²) in [4.78, 5) is 0.650. The highest BCUT2D eigenvalue weighted by atomic mass is 32.2. The van der Waals surface area contributed by atoms with Crippen LogP contribution in [0.25, 0.3) is 0 Å². The van der Waals surface area contributed by atoms with Gasteiger partial charge in [0.15, 0.2) is 0 Å². The van der Waals surface area contributed by atoms with Crippen molar-refractivity contribution in [3.8, 4) is 11.5 Å².